The summed E-state index contributed by atoms with van der Waals surface area (Å²) in [6.07, 6.45) is 0.843. The molecule has 0 aliphatic rings. The van der Waals surface area contributed by atoms with Crippen LogP contribution in [0.4, 0.5) is 5.69 Å². The molecule has 0 atom stereocenters. The Bertz CT molecular complexity index is 796. The van der Waals surface area contributed by atoms with E-state index in [1.54, 1.807) is 28.4 Å². The first kappa shape index (κ1) is 22.3. The largest absolute Gasteiger partial charge is 0.493 e. The highest BCUT2D eigenvalue weighted by molar-refractivity contribution is 5.94. The minimum absolute atomic E-state index is 0.376. The van der Waals surface area contributed by atoms with Gasteiger partial charge in [0.1, 0.15) is 12.4 Å². The smallest absolute Gasteiger partial charge is 0.203 e. The standard InChI is InChI=1S/C19H30N6O4/c1-13-23-24-17(25(13)2)12-21-19(20-8-7-9-26-3)22-14-10-15(27-4)18(29-6)16(11-14)28-5/h10-11H,7-9,12H2,1-6H3,(H2,20,21,22). The molecule has 160 valence electrons. The van der Waals surface area contributed by atoms with E-state index in [-0.39, 0.29) is 0 Å². The van der Waals surface area contributed by atoms with Gasteiger partial charge in [-0.2, -0.15) is 0 Å². The number of hydrogen-bond acceptors (Lipinski definition) is 7. The number of anilines is 1. The third kappa shape index (κ3) is 5.98. The SMILES string of the molecule is COCCCNC(=NCc1nnc(C)n1C)Nc1cc(OC)c(OC)c(OC)c1. The van der Waals surface area contributed by atoms with Crippen LogP contribution >= 0.6 is 0 Å². The summed E-state index contributed by atoms with van der Waals surface area (Å²) in [7, 11) is 8.32. The second kappa shape index (κ2) is 11.1. The van der Waals surface area contributed by atoms with Gasteiger partial charge in [0.25, 0.3) is 0 Å². The molecule has 0 spiro atoms. The van der Waals surface area contributed by atoms with Gasteiger partial charge >= 0.3 is 0 Å². The van der Waals surface area contributed by atoms with Crippen LogP contribution in [0.25, 0.3) is 0 Å². The molecular weight excluding hydrogens is 376 g/mol. The van der Waals surface area contributed by atoms with Crippen molar-refractivity contribution in [3.8, 4) is 17.2 Å². The van der Waals surface area contributed by atoms with Crippen LogP contribution in [0.3, 0.4) is 0 Å². The van der Waals surface area contributed by atoms with Crippen LogP contribution in [-0.2, 0) is 18.3 Å². The van der Waals surface area contributed by atoms with Crippen molar-refractivity contribution in [3.63, 3.8) is 0 Å². The minimum atomic E-state index is 0.376. The number of aliphatic imine (C=N–C) groups is 1. The molecule has 0 saturated heterocycles. The number of aromatic nitrogens is 3. The Kier molecular flexibility index (Phi) is 8.53. The molecule has 10 heteroatoms. The summed E-state index contributed by atoms with van der Waals surface area (Å²) in [5.74, 6) is 3.83. The van der Waals surface area contributed by atoms with Gasteiger partial charge in [-0.25, -0.2) is 4.99 Å². The topological polar surface area (TPSA) is 104 Å². The molecule has 0 radical (unpaired) electrons. The number of benzene rings is 1. The molecule has 0 aliphatic carbocycles. The van der Waals surface area contributed by atoms with Gasteiger partial charge in [-0.15, -0.1) is 10.2 Å². The van der Waals surface area contributed by atoms with E-state index in [0.717, 1.165) is 23.8 Å². The van der Waals surface area contributed by atoms with Crippen molar-refractivity contribution in [1.82, 2.24) is 20.1 Å². The lowest BCUT2D eigenvalue weighted by Crippen LogP contribution is -2.32. The molecule has 0 saturated carbocycles. The van der Waals surface area contributed by atoms with Crippen LogP contribution < -0.4 is 24.8 Å². The minimum Gasteiger partial charge on any atom is -0.493 e. The maximum Gasteiger partial charge on any atom is 0.203 e. The normalized spacial score (nSPS) is 11.3. The molecule has 0 aliphatic heterocycles. The zero-order valence-corrected chi connectivity index (χ0v) is 17.9. The first-order chi connectivity index (χ1) is 14.0. The van der Waals surface area contributed by atoms with Gasteiger partial charge in [0.2, 0.25) is 5.75 Å². The average Bonchev–Trinajstić information content (AvgIpc) is 3.06. The van der Waals surface area contributed by atoms with Gasteiger partial charge in [-0.05, 0) is 13.3 Å². The summed E-state index contributed by atoms with van der Waals surface area (Å²) in [6.45, 7) is 3.63. The van der Waals surface area contributed by atoms with Crippen molar-refractivity contribution < 1.29 is 18.9 Å². The lowest BCUT2D eigenvalue weighted by Gasteiger charge is -2.17. The highest BCUT2D eigenvalue weighted by atomic mass is 16.5. The molecule has 0 amide bonds. The molecule has 0 fully saturated rings. The van der Waals surface area contributed by atoms with Crippen molar-refractivity contribution >= 4 is 11.6 Å². The molecule has 2 N–H and O–H groups in total. The molecule has 0 unspecified atom stereocenters. The molecule has 1 aromatic heterocycles. The Labute approximate surface area is 171 Å². The molecule has 1 aromatic carbocycles. The molecule has 29 heavy (non-hydrogen) atoms. The number of methoxy groups -OCH3 is 4. The van der Waals surface area contributed by atoms with Gasteiger partial charge in [0.15, 0.2) is 23.3 Å². The number of hydrogen-bond donors (Lipinski definition) is 2. The van der Waals surface area contributed by atoms with E-state index in [1.165, 1.54) is 0 Å². The second-order valence-corrected chi connectivity index (χ2v) is 6.20. The lowest BCUT2D eigenvalue weighted by molar-refractivity contribution is 0.195. The third-order valence-electron chi connectivity index (χ3n) is 4.31. The summed E-state index contributed by atoms with van der Waals surface area (Å²) in [5, 5.41) is 14.8. The highest BCUT2D eigenvalue weighted by Gasteiger charge is 2.14. The van der Waals surface area contributed by atoms with Crippen molar-refractivity contribution in [2.45, 2.75) is 19.9 Å². The van der Waals surface area contributed by atoms with Crippen LogP contribution in [0.2, 0.25) is 0 Å². The predicted molar refractivity (Wildman–Crippen MR) is 111 cm³/mol. The van der Waals surface area contributed by atoms with E-state index in [0.29, 0.717) is 42.9 Å². The van der Waals surface area contributed by atoms with Crippen molar-refractivity contribution in [3.05, 3.63) is 23.8 Å². The maximum absolute atomic E-state index is 5.42. The number of nitrogens with one attached hydrogen (secondary N) is 2. The fourth-order valence-corrected chi connectivity index (χ4v) is 2.59. The lowest BCUT2D eigenvalue weighted by atomic mass is 10.2. The monoisotopic (exact) mass is 406 g/mol. The Morgan fingerprint density at radius 2 is 1.76 bits per heavy atom. The molecule has 0 bridgehead atoms. The van der Waals surface area contributed by atoms with E-state index < -0.39 is 0 Å². The fraction of sp³-hybridized carbons (Fsp3) is 0.526. The Morgan fingerprint density at radius 1 is 1.07 bits per heavy atom. The van der Waals surface area contributed by atoms with E-state index in [4.69, 9.17) is 18.9 Å². The molecule has 1 heterocycles. The first-order valence-electron chi connectivity index (χ1n) is 9.23. The summed E-state index contributed by atoms with van der Waals surface area (Å²) >= 11 is 0. The molecule has 2 aromatic rings. The van der Waals surface area contributed by atoms with Crippen molar-refractivity contribution in [2.75, 3.05) is 46.9 Å². The second-order valence-electron chi connectivity index (χ2n) is 6.20. The Morgan fingerprint density at radius 3 is 2.28 bits per heavy atom. The number of aryl methyl sites for hydroxylation is 1. The van der Waals surface area contributed by atoms with Crippen molar-refractivity contribution in [1.29, 1.82) is 0 Å². The van der Waals surface area contributed by atoms with Gasteiger partial charge in [-0.3, -0.25) is 0 Å². The molecular formula is C19H30N6O4. The van der Waals surface area contributed by atoms with Gasteiger partial charge in [-0.1, -0.05) is 0 Å². The predicted octanol–water partition coefficient (Wildman–Crippen LogP) is 1.74. The first-order valence-corrected chi connectivity index (χ1v) is 9.23. The number of nitrogens with zero attached hydrogens (tertiary/aromatic N) is 4. The van der Waals surface area contributed by atoms with Crippen LogP contribution in [0.5, 0.6) is 17.2 Å². The summed E-state index contributed by atoms with van der Waals surface area (Å²) < 4.78 is 23.2. The molecule has 10 nitrogen and oxygen atoms in total. The quantitative estimate of drug-likeness (QED) is 0.349. The van der Waals surface area contributed by atoms with Crippen molar-refractivity contribution in [2.24, 2.45) is 12.0 Å². The summed E-state index contributed by atoms with van der Waals surface area (Å²) in [4.78, 5) is 4.63. The Balaban J connectivity index is 2.24. The van der Waals surface area contributed by atoms with Crippen LogP contribution in [-0.4, -0.2) is 62.3 Å². The molecule has 2 rings (SSSR count). The van der Waals surface area contributed by atoms with E-state index in [9.17, 15) is 0 Å². The number of guanidine groups is 1. The number of ether oxygens (including phenoxy) is 4. The van der Waals surface area contributed by atoms with Gasteiger partial charge in [0.05, 0.1) is 21.3 Å². The van der Waals surface area contributed by atoms with E-state index in [2.05, 4.69) is 25.8 Å². The van der Waals surface area contributed by atoms with E-state index >= 15 is 0 Å². The van der Waals surface area contributed by atoms with Crippen LogP contribution in [0, 0.1) is 6.92 Å². The Hall–Kier alpha value is -3.01. The van der Waals surface area contributed by atoms with Crippen LogP contribution in [0.1, 0.15) is 18.1 Å². The van der Waals surface area contributed by atoms with Gasteiger partial charge < -0.3 is 34.1 Å². The zero-order chi connectivity index (χ0) is 21.2. The van der Waals surface area contributed by atoms with Crippen LogP contribution in [0.15, 0.2) is 17.1 Å². The summed E-state index contributed by atoms with van der Waals surface area (Å²) in [6, 6.07) is 3.64. The summed E-state index contributed by atoms with van der Waals surface area (Å²) in [5.41, 5.74) is 0.742. The van der Waals surface area contributed by atoms with E-state index in [1.807, 2.05) is 30.7 Å². The van der Waals surface area contributed by atoms with Gasteiger partial charge in [0, 0.05) is 45.1 Å². The zero-order valence-electron chi connectivity index (χ0n) is 17.9. The number of rotatable bonds is 10. The average molecular weight is 406 g/mol. The maximum atomic E-state index is 5.42. The third-order valence-corrected chi connectivity index (χ3v) is 4.31. The highest BCUT2D eigenvalue weighted by Crippen LogP contribution is 2.39. The fourth-order valence-electron chi connectivity index (χ4n) is 2.59.